The van der Waals surface area contributed by atoms with Crippen LogP contribution in [0.1, 0.15) is 101 Å². The summed E-state index contributed by atoms with van der Waals surface area (Å²) in [4.78, 5) is 22.2. The van der Waals surface area contributed by atoms with Crippen LogP contribution in [0.2, 0.25) is 0 Å². The number of carbonyl (C=O) groups excluding carboxylic acids is 1. The van der Waals surface area contributed by atoms with Crippen molar-refractivity contribution >= 4 is 39.1 Å². The summed E-state index contributed by atoms with van der Waals surface area (Å²) in [6.45, 7) is 20.0. The third-order valence-corrected chi connectivity index (χ3v) is 16.9. The molecular weight excluding hydrogens is 771 g/mol. The van der Waals surface area contributed by atoms with Gasteiger partial charge in [-0.25, -0.2) is 13.1 Å². The molecule has 1 atom stereocenters. The van der Waals surface area contributed by atoms with Crippen molar-refractivity contribution in [2.24, 2.45) is 22.2 Å². The summed E-state index contributed by atoms with van der Waals surface area (Å²) in [5.41, 5.74) is 8.26. The van der Waals surface area contributed by atoms with Crippen LogP contribution in [0.15, 0.2) is 93.7 Å². The van der Waals surface area contributed by atoms with E-state index in [1.165, 1.54) is 56.3 Å². The van der Waals surface area contributed by atoms with Crippen LogP contribution in [0.5, 0.6) is 0 Å². The lowest BCUT2D eigenvalue weighted by Gasteiger charge is -2.72. The number of anilines is 2. The molecule has 3 aromatic rings. The molecule has 9 rings (SSSR count). The number of piperazine rings is 1. The third-order valence-electron chi connectivity index (χ3n) is 14.4. The number of rotatable bonds is 15. The summed E-state index contributed by atoms with van der Waals surface area (Å²) in [5, 5.41) is 3.74. The Balaban J connectivity index is 0.844. The van der Waals surface area contributed by atoms with Crippen molar-refractivity contribution in [3.8, 4) is 0 Å². The van der Waals surface area contributed by atoms with Crippen LogP contribution in [0.25, 0.3) is 0 Å². The second-order valence-electron chi connectivity index (χ2n) is 20.0. The summed E-state index contributed by atoms with van der Waals surface area (Å²) < 4.78 is 29.4. The van der Waals surface area contributed by atoms with E-state index in [0.29, 0.717) is 21.8 Å². The van der Waals surface area contributed by atoms with Crippen molar-refractivity contribution in [3.05, 3.63) is 95.1 Å². The molecule has 8 nitrogen and oxygen atoms in total. The van der Waals surface area contributed by atoms with Gasteiger partial charge >= 0.3 is 0 Å². The number of piperidine rings is 1. The predicted octanol–water partition coefficient (Wildman–Crippen LogP) is 9.63. The average molecular weight is 838 g/mol. The highest BCUT2D eigenvalue weighted by atomic mass is 32.2. The Kier molecular flexibility index (Phi) is 12.4. The van der Waals surface area contributed by atoms with E-state index in [0.717, 1.165) is 87.4 Å². The standard InChI is InChI=1S/C49H67N5O3S2/c1-36-18-22-52(23-19-36)24-20-40(32-58-42-9-7-6-8-10-42)50-45-16-15-43(29-37(45)2)59(56,57)51-46(55)38-11-13-41(14-12-38)54-27-25-53(26-28-54)31-39-17-21-47(3,4)30-44(39)49-33-48(5,34-49)35-49/h6-16,29,36,40,50H,17-28,30-35H2,1-5H3,(H,51,55)/t40-,48?,49?/m1/s1. The number of amides is 1. The van der Waals surface area contributed by atoms with Crippen LogP contribution in [-0.4, -0.2) is 88.3 Å². The molecule has 2 heterocycles. The minimum Gasteiger partial charge on any atom is -0.381 e. The van der Waals surface area contributed by atoms with E-state index in [1.54, 1.807) is 29.8 Å². The Morgan fingerprint density at radius 1 is 0.881 bits per heavy atom. The van der Waals surface area contributed by atoms with E-state index < -0.39 is 15.9 Å². The highest BCUT2D eigenvalue weighted by Gasteiger charge is 2.66. The van der Waals surface area contributed by atoms with Crippen LogP contribution in [0.4, 0.5) is 11.4 Å². The minimum atomic E-state index is -4.08. The second kappa shape index (κ2) is 17.2. The van der Waals surface area contributed by atoms with E-state index in [2.05, 4.69) is 76.7 Å². The largest absolute Gasteiger partial charge is 0.381 e. The van der Waals surface area contributed by atoms with E-state index in [4.69, 9.17) is 0 Å². The first-order chi connectivity index (χ1) is 28.2. The fourth-order valence-electron chi connectivity index (χ4n) is 10.9. The van der Waals surface area contributed by atoms with Gasteiger partial charge in [-0.05, 0) is 160 Å². The van der Waals surface area contributed by atoms with Crippen molar-refractivity contribution in [2.45, 2.75) is 108 Å². The molecule has 0 aromatic heterocycles. The summed E-state index contributed by atoms with van der Waals surface area (Å²) in [7, 11) is -4.08. The van der Waals surface area contributed by atoms with E-state index in [9.17, 15) is 13.2 Å². The van der Waals surface area contributed by atoms with Gasteiger partial charge in [-0.2, -0.15) is 0 Å². The lowest BCUT2D eigenvalue weighted by Crippen LogP contribution is -2.61. The maximum atomic E-state index is 13.5. The van der Waals surface area contributed by atoms with Crippen molar-refractivity contribution in [3.63, 3.8) is 0 Å². The van der Waals surface area contributed by atoms with Gasteiger partial charge in [0.15, 0.2) is 0 Å². The van der Waals surface area contributed by atoms with Crippen LogP contribution >= 0.6 is 11.8 Å². The first-order valence-corrected chi connectivity index (χ1v) is 24.8. The SMILES string of the molecule is Cc1cc(S(=O)(=O)NC(=O)c2ccc(N3CCN(CC4=C(C56CC(C)(C5)C6)CC(C)(C)CC4)CC3)cc2)ccc1N[C@H](CCN1CCC(C)CC1)CSc1ccccc1. The fraction of sp³-hybridized carbons (Fsp3) is 0.571. The molecule has 6 aliphatic rings. The van der Waals surface area contributed by atoms with Gasteiger partial charge in [0.2, 0.25) is 0 Å². The van der Waals surface area contributed by atoms with Crippen molar-refractivity contribution < 1.29 is 13.2 Å². The number of sulfonamides is 1. The van der Waals surface area contributed by atoms with Gasteiger partial charge in [-0.3, -0.25) is 9.69 Å². The van der Waals surface area contributed by atoms with Gasteiger partial charge < -0.3 is 15.1 Å². The molecule has 4 aliphatic carbocycles. The third kappa shape index (κ3) is 9.92. The highest BCUT2D eigenvalue weighted by molar-refractivity contribution is 7.99. The van der Waals surface area contributed by atoms with E-state index in [1.807, 2.05) is 48.5 Å². The number of allylic oxidation sites excluding steroid dienone is 1. The zero-order valence-corrected chi connectivity index (χ0v) is 37.8. The Labute approximate surface area is 359 Å². The van der Waals surface area contributed by atoms with Gasteiger partial charge in [0.25, 0.3) is 15.9 Å². The quantitative estimate of drug-likeness (QED) is 0.116. The molecule has 2 N–H and O–H groups in total. The van der Waals surface area contributed by atoms with Gasteiger partial charge in [0, 0.05) is 72.9 Å². The monoisotopic (exact) mass is 837 g/mol. The van der Waals surface area contributed by atoms with Gasteiger partial charge in [-0.1, -0.05) is 57.0 Å². The number of carbonyl (C=O) groups is 1. The molecule has 3 saturated carbocycles. The van der Waals surface area contributed by atoms with E-state index >= 15 is 0 Å². The Morgan fingerprint density at radius 2 is 1.58 bits per heavy atom. The number of hydrogen-bond donors (Lipinski definition) is 2. The van der Waals surface area contributed by atoms with Gasteiger partial charge in [0.05, 0.1) is 4.90 Å². The normalized spacial score (nSPS) is 25.5. The zero-order valence-electron chi connectivity index (χ0n) is 36.2. The predicted molar refractivity (Wildman–Crippen MR) is 244 cm³/mol. The fourth-order valence-corrected chi connectivity index (χ4v) is 13.0. The summed E-state index contributed by atoms with van der Waals surface area (Å²) in [6, 6.07) is 23.2. The van der Waals surface area contributed by atoms with Crippen LogP contribution < -0.4 is 14.9 Å². The van der Waals surface area contributed by atoms with Crippen LogP contribution in [0.3, 0.4) is 0 Å². The Hall–Kier alpha value is -3.31. The molecule has 0 unspecified atom stereocenters. The Bertz CT molecular complexity index is 2080. The van der Waals surface area contributed by atoms with Crippen molar-refractivity contribution in [2.75, 3.05) is 68.3 Å². The summed E-state index contributed by atoms with van der Waals surface area (Å²) >= 11 is 1.84. The lowest BCUT2D eigenvalue weighted by molar-refractivity contribution is -0.167. The molecule has 318 valence electrons. The molecule has 0 spiro atoms. The molecule has 0 radical (unpaired) electrons. The van der Waals surface area contributed by atoms with Crippen LogP contribution in [-0.2, 0) is 10.0 Å². The number of likely N-dealkylation sites (tertiary alicyclic amines) is 1. The minimum absolute atomic E-state index is 0.0827. The first kappa shape index (κ1) is 42.4. The number of benzene rings is 3. The number of thioether (sulfide) groups is 1. The van der Waals surface area contributed by atoms with Gasteiger partial charge in [0.1, 0.15) is 0 Å². The summed E-state index contributed by atoms with van der Waals surface area (Å²) in [6.07, 6.45) is 11.5. The summed E-state index contributed by atoms with van der Waals surface area (Å²) in [5.74, 6) is 1.08. The Morgan fingerprint density at radius 3 is 2.24 bits per heavy atom. The molecule has 2 bridgehead atoms. The molecule has 2 aliphatic heterocycles. The molecule has 10 heteroatoms. The number of nitrogens with zero attached hydrogens (tertiary/aromatic N) is 3. The number of aryl methyl sites for hydroxylation is 1. The van der Waals surface area contributed by atoms with Crippen molar-refractivity contribution in [1.82, 2.24) is 14.5 Å². The zero-order chi connectivity index (χ0) is 41.4. The van der Waals surface area contributed by atoms with E-state index in [-0.39, 0.29) is 10.9 Å². The first-order valence-electron chi connectivity index (χ1n) is 22.3. The average Bonchev–Trinajstić information content (AvgIpc) is 3.19. The topological polar surface area (TPSA) is 85.0 Å². The smallest absolute Gasteiger partial charge is 0.264 e. The van der Waals surface area contributed by atoms with Gasteiger partial charge in [-0.15, -0.1) is 11.8 Å². The maximum Gasteiger partial charge on any atom is 0.264 e. The second-order valence-corrected chi connectivity index (χ2v) is 22.8. The molecule has 3 aromatic carbocycles. The molecular formula is C49H67N5O3S2. The molecule has 1 amide bonds. The highest BCUT2D eigenvalue weighted by Crippen LogP contribution is 2.77. The molecule has 59 heavy (non-hydrogen) atoms. The molecule has 2 saturated heterocycles. The van der Waals surface area contributed by atoms with Crippen LogP contribution in [0, 0.1) is 29.1 Å². The number of nitrogens with one attached hydrogen (secondary N) is 2. The maximum absolute atomic E-state index is 13.5. The number of hydrogen-bond acceptors (Lipinski definition) is 8. The van der Waals surface area contributed by atoms with Crippen molar-refractivity contribution in [1.29, 1.82) is 0 Å². The molecule has 5 fully saturated rings. The lowest BCUT2D eigenvalue weighted by atomic mass is 9.33.